The summed E-state index contributed by atoms with van der Waals surface area (Å²) in [7, 11) is 5.26. The zero-order valence-corrected chi connectivity index (χ0v) is 12.4. The van der Waals surface area contributed by atoms with E-state index in [1.54, 1.807) is 26.1 Å². The van der Waals surface area contributed by atoms with Crippen molar-refractivity contribution in [2.75, 3.05) is 47.4 Å². The summed E-state index contributed by atoms with van der Waals surface area (Å²) in [6.45, 7) is 3.14. The number of ether oxygens (including phenoxy) is 1. The molecule has 0 bridgehead atoms. The lowest BCUT2D eigenvalue weighted by molar-refractivity contribution is -0.130. The Hall–Kier alpha value is -1.59. The first-order valence-corrected chi connectivity index (χ1v) is 6.90. The Morgan fingerprint density at radius 2 is 2.10 bits per heavy atom. The Balaban J connectivity index is 2.11. The molecule has 0 radical (unpaired) electrons. The number of piperazine rings is 1. The van der Waals surface area contributed by atoms with Crippen LogP contribution in [0.4, 0.5) is 0 Å². The summed E-state index contributed by atoms with van der Waals surface area (Å²) >= 11 is 0. The van der Waals surface area contributed by atoms with Crippen molar-refractivity contribution in [1.82, 2.24) is 15.1 Å². The number of methoxy groups -OCH3 is 1. The van der Waals surface area contributed by atoms with Gasteiger partial charge in [-0.1, -0.05) is 12.1 Å². The van der Waals surface area contributed by atoms with Gasteiger partial charge in [-0.25, -0.2) is 0 Å². The quantitative estimate of drug-likeness (QED) is 0.881. The van der Waals surface area contributed by atoms with E-state index in [1.165, 1.54) is 5.56 Å². The summed E-state index contributed by atoms with van der Waals surface area (Å²) in [5, 5.41) is 3.40. The van der Waals surface area contributed by atoms with Crippen molar-refractivity contribution in [3.63, 3.8) is 0 Å². The van der Waals surface area contributed by atoms with Gasteiger partial charge in [-0.2, -0.15) is 0 Å². The Kier molecular flexibility index (Phi) is 4.98. The fraction of sp³-hybridized carbons (Fsp3) is 0.533. The summed E-state index contributed by atoms with van der Waals surface area (Å²) in [5.41, 5.74) is 1.21. The third kappa shape index (κ3) is 3.49. The maximum absolute atomic E-state index is 11.9. The topological polar surface area (TPSA) is 44.8 Å². The molecule has 1 fully saturated rings. The molecule has 5 heteroatoms. The number of rotatable bonds is 4. The second-order valence-electron chi connectivity index (χ2n) is 5.25. The van der Waals surface area contributed by atoms with E-state index in [2.05, 4.69) is 22.3 Å². The van der Waals surface area contributed by atoms with Crippen molar-refractivity contribution < 1.29 is 9.53 Å². The SMILES string of the molecule is COc1ccc([C@@H]2CNCCN2CC(=O)N(C)C)cc1. The van der Waals surface area contributed by atoms with E-state index in [1.807, 2.05) is 12.1 Å². The van der Waals surface area contributed by atoms with Crippen LogP contribution in [-0.4, -0.2) is 63.1 Å². The molecule has 0 unspecified atom stereocenters. The minimum atomic E-state index is 0.144. The van der Waals surface area contributed by atoms with Gasteiger partial charge in [0.2, 0.25) is 5.91 Å². The third-order valence-electron chi connectivity index (χ3n) is 3.69. The van der Waals surface area contributed by atoms with Crippen LogP contribution in [-0.2, 0) is 4.79 Å². The molecule has 1 N–H and O–H groups in total. The average molecular weight is 277 g/mol. The molecule has 0 saturated carbocycles. The van der Waals surface area contributed by atoms with Gasteiger partial charge in [0, 0.05) is 39.8 Å². The van der Waals surface area contributed by atoms with Crippen LogP contribution in [0, 0.1) is 0 Å². The Labute approximate surface area is 120 Å². The molecule has 0 aliphatic carbocycles. The average Bonchev–Trinajstić information content (AvgIpc) is 2.48. The molecule has 1 heterocycles. The molecule has 2 rings (SSSR count). The van der Waals surface area contributed by atoms with Crippen molar-refractivity contribution in [3.05, 3.63) is 29.8 Å². The van der Waals surface area contributed by atoms with E-state index < -0.39 is 0 Å². The van der Waals surface area contributed by atoms with Gasteiger partial charge in [-0.05, 0) is 17.7 Å². The summed E-state index contributed by atoms with van der Waals surface area (Å²) in [6.07, 6.45) is 0. The second kappa shape index (κ2) is 6.72. The van der Waals surface area contributed by atoms with Gasteiger partial charge < -0.3 is 15.0 Å². The Bertz CT molecular complexity index is 445. The summed E-state index contributed by atoms with van der Waals surface area (Å²) < 4.78 is 5.19. The van der Waals surface area contributed by atoms with Crippen molar-refractivity contribution in [3.8, 4) is 5.75 Å². The molecule has 1 atom stereocenters. The number of nitrogens with zero attached hydrogens (tertiary/aromatic N) is 2. The number of amides is 1. The molecule has 20 heavy (non-hydrogen) atoms. The molecule has 5 nitrogen and oxygen atoms in total. The first-order valence-electron chi connectivity index (χ1n) is 6.90. The lowest BCUT2D eigenvalue weighted by atomic mass is 10.0. The fourth-order valence-corrected chi connectivity index (χ4v) is 2.41. The molecule has 1 aromatic rings. The fourth-order valence-electron chi connectivity index (χ4n) is 2.41. The van der Waals surface area contributed by atoms with Crippen LogP contribution in [0.1, 0.15) is 11.6 Å². The van der Waals surface area contributed by atoms with Crippen molar-refractivity contribution >= 4 is 5.91 Å². The largest absolute Gasteiger partial charge is 0.497 e. The predicted octanol–water partition coefficient (Wildman–Crippen LogP) is 0.730. The molecular weight excluding hydrogens is 254 g/mol. The molecule has 0 aromatic heterocycles. The maximum atomic E-state index is 11.9. The van der Waals surface area contributed by atoms with Gasteiger partial charge in [0.05, 0.1) is 13.7 Å². The summed E-state index contributed by atoms with van der Waals surface area (Å²) in [4.78, 5) is 15.8. The van der Waals surface area contributed by atoms with Crippen LogP contribution < -0.4 is 10.1 Å². The number of nitrogens with one attached hydrogen (secondary N) is 1. The molecule has 110 valence electrons. The second-order valence-corrected chi connectivity index (χ2v) is 5.25. The summed E-state index contributed by atoms with van der Waals surface area (Å²) in [5.74, 6) is 0.999. The van der Waals surface area contributed by atoms with Crippen LogP contribution in [0.15, 0.2) is 24.3 Å². The van der Waals surface area contributed by atoms with E-state index in [0.29, 0.717) is 6.54 Å². The zero-order valence-electron chi connectivity index (χ0n) is 12.4. The normalized spacial score (nSPS) is 19.6. The number of carbonyl (C=O) groups is 1. The van der Waals surface area contributed by atoms with Gasteiger partial charge in [-0.3, -0.25) is 9.69 Å². The number of carbonyl (C=O) groups excluding carboxylic acids is 1. The van der Waals surface area contributed by atoms with Crippen LogP contribution >= 0.6 is 0 Å². The minimum Gasteiger partial charge on any atom is -0.497 e. The van der Waals surface area contributed by atoms with Gasteiger partial charge in [-0.15, -0.1) is 0 Å². The first-order chi connectivity index (χ1) is 9.61. The van der Waals surface area contributed by atoms with Gasteiger partial charge in [0.15, 0.2) is 0 Å². The lowest BCUT2D eigenvalue weighted by Crippen LogP contribution is -2.49. The van der Waals surface area contributed by atoms with Crippen LogP contribution in [0.2, 0.25) is 0 Å². The van der Waals surface area contributed by atoms with Gasteiger partial charge in [0.1, 0.15) is 5.75 Å². The molecule has 1 aliphatic rings. The zero-order chi connectivity index (χ0) is 14.5. The van der Waals surface area contributed by atoms with Crippen LogP contribution in [0.5, 0.6) is 5.75 Å². The van der Waals surface area contributed by atoms with Gasteiger partial charge in [0.25, 0.3) is 0 Å². The summed E-state index contributed by atoms with van der Waals surface area (Å²) in [6, 6.07) is 8.32. The smallest absolute Gasteiger partial charge is 0.236 e. The molecule has 1 saturated heterocycles. The highest BCUT2D eigenvalue weighted by atomic mass is 16.5. The van der Waals surface area contributed by atoms with E-state index in [-0.39, 0.29) is 11.9 Å². The predicted molar refractivity (Wildman–Crippen MR) is 78.9 cm³/mol. The molecule has 1 aliphatic heterocycles. The monoisotopic (exact) mass is 277 g/mol. The maximum Gasteiger partial charge on any atom is 0.236 e. The Morgan fingerprint density at radius 1 is 1.40 bits per heavy atom. The molecule has 0 spiro atoms. The Morgan fingerprint density at radius 3 is 2.70 bits per heavy atom. The van der Waals surface area contributed by atoms with E-state index in [9.17, 15) is 4.79 Å². The standard InChI is InChI=1S/C15H23N3O2/c1-17(2)15(19)11-18-9-8-16-10-14(18)12-4-6-13(20-3)7-5-12/h4-7,14,16H,8-11H2,1-3H3/t14-/m0/s1. The number of hydrogen-bond donors (Lipinski definition) is 1. The highest BCUT2D eigenvalue weighted by Gasteiger charge is 2.25. The number of benzene rings is 1. The van der Waals surface area contributed by atoms with Crippen molar-refractivity contribution in [2.24, 2.45) is 0 Å². The number of hydrogen-bond acceptors (Lipinski definition) is 4. The van der Waals surface area contributed by atoms with E-state index in [4.69, 9.17) is 4.74 Å². The van der Waals surface area contributed by atoms with E-state index in [0.717, 1.165) is 25.4 Å². The van der Waals surface area contributed by atoms with Crippen molar-refractivity contribution in [2.45, 2.75) is 6.04 Å². The highest BCUT2D eigenvalue weighted by Crippen LogP contribution is 2.24. The first kappa shape index (κ1) is 14.8. The van der Waals surface area contributed by atoms with Gasteiger partial charge >= 0.3 is 0 Å². The third-order valence-corrected chi connectivity index (χ3v) is 3.69. The lowest BCUT2D eigenvalue weighted by Gasteiger charge is -2.36. The van der Waals surface area contributed by atoms with E-state index >= 15 is 0 Å². The van der Waals surface area contributed by atoms with Crippen LogP contribution in [0.25, 0.3) is 0 Å². The molecular formula is C15H23N3O2. The molecule has 1 aromatic carbocycles. The number of likely N-dealkylation sites (N-methyl/N-ethyl adjacent to an activating group) is 1. The van der Waals surface area contributed by atoms with Crippen LogP contribution in [0.3, 0.4) is 0 Å². The minimum absolute atomic E-state index is 0.144. The molecule has 1 amide bonds. The highest BCUT2D eigenvalue weighted by molar-refractivity contribution is 5.77. The van der Waals surface area contributed by atoms with Crippen molar-refractivity contribution in [1.29, 1.82) is 0 Å².